The van der Waals surface area contributed by atoms with E-state index in [0.29, 0.717) is 11.1 Å². The van der Waals surface area contributed by atoms with Crippen molar-refractivity contribution in [2.24, 2.45) is 0 Å². The number of cyclic esters (lactones) is 1. The number of carbonyl (C=O) groups is 1. The van der Waals surface area contributed by atoms with Gasteiger partial charge in [0.05, 0.1) is 50.6 Å². The second kappa shape index (κ2) is 35.7. The number of carbonyl (C=O) groups excluding carboxylic acids is 1. The van der Waals surface area contributed by atoms with Crippen LogP contribution in [0.3, 0.4) is 0 Å². The number of rotatable bonds is 10. The van der Waals surface area contributed by atoms with Crippen LogP contribution in [0.25, 0.3) is 10.8 Å². The third kappa shape index (κ3) is 17.0. The van der Waals surface area contributed by atoms with Gasteiger partial charge in [0.2, 0.25) is 10.0 Å². The quantitative estimate of drug-likeness (QED) is 0.0982. The van der Waals surface area contributed by atoms with Gasteiger partial charge in [0.25, 0.3) is 0 Å². The lowest BCUT2D eigenvalue weighted by atomic mass is 9.95. The molecule has 0 aromatic heterocycles. The van der Waals surface area contributed by atoms with E-state index in [4.69, 9.17) is 80.5 Å². The Morgan fingerprint density at radius 2 is 0.633 bits per heavy atom. The maximum atomic E-state index is 14.7. The Balaban J connectivity index is 0.863. The minimum atomic E-state index is -4.77. The number of sulfonamides is 1. The number of nitrogens with one attached hydrogen (secondary N) is 1. The molecule has 41 atom stereocenters. The van der Waals surface area contributed by atoms with Gasteiger partial charge in [-0.2, -0.15) is 16.5 Å². The Bertz CT molecular complexity index is 3410. The van der Waals surface area contributed by atoms with Gasteiger partial charge in [0, 0.05) is 42.1 Å². The molecule has 28 saturated heterocycles. The van der Waals surface area contributed by atoms with Crippen molar-refractivity contribution in [2.45, 2.75) is 257 Å². The molecule has 2 aromatic rings. The van der Waals surface area contributed by atoms with Crippen LogP contribution in [-0.2, 0) is 95.3 Å². The zero-order valence-corrected chi connectivity index (χ0v) is 59.4. The van der Waals surface area contributed by atoms with Gasteiger partial charge in [-0.1, -0.05) is 24.3 Å². The van der Waals surface area contributed by atoms with E-state index in [9.17, 15) is 126 Å². The molecule has 28 heterocycles. The molecule has 28 fully saturated rings. The summed E-state index contributed by atoms with van der Waals surface area (Å²) in [5.41, 5.74) is 0.618. The lowest BCUT2D eigenvalue weighted by molar-refractivity contribution is -0.403. The van der Waals surface area contributed by atoms with Crippen molar-refractivity contribution in [1.29, 1.82) is 0 Å². The fourth-order valence-corrected chi connectivity index (χ4v) is 17.3. The summed E-state index contributed by atoms with van der Waals surface area (Å²) in [4.78, 5) is 16.1. The van der Waals surface area contributed by atoms with Crippen molar-refractivity contribution in [3.63, 3.8) is 0 Å². The molecule has 23 N–H and O–H groups in total. The molecule has 28 aliphatic heterocycles. The molecule has 30 rings (SSSR count). The third-order valence-corrected chi connectivity index (χ3v) is 23.4. The molecule has 18 bridgehead atoms. The van der Waals surface area contributed by atoms with E-state index < -0.39 is 325 Å². The maximum absolute atomic E-state index is 14.7. The van der Waals surface area contributed by atoms with Crippen LogP contribution in [0.2, 0.25) is 0 Å². The highest BCUT2D eigenvalue weighted by Crippen LogP contribution is 2.41. The zero-order chi connectivity index (χ0) is 78.7. The number of fused-ring (bicyclic) bond motifs is 1. The van der Waals surface area contributed by atoms with E-state index in [0.717, 1.165) is 11.8 Å². The first-order valence-corrected chi connectivity index (χ1v) is 37.5. The topological polar surface area (TPSA) is 668 Å². The monoisotopic (exact) mass is 1610 g/mol. The molecule has 28 aliphatic rings. The third-order valence-electron chi connectivity index (χ3n) is 20.7. The molecule has 0 radical (unpaired) electrons. The number of esters is 1. The summed E-state index contributed by atoms with van der Waals surface area (Å²) in [6.45, 7) is -7.78. The van der Waals surface area contributed by atoms with E-state index in [1.54, 1.807) is 37.2 Å². The van der Waals surface area contributed by atoms with Gasteiger partial charge < -0.3 is 198 Å². The summed E-state index contributed by atoms with van der Waals surface area (Å²) in [5, 5.41) is 252. The average molecular weight is 1620 g/mol. The number of hydrogen-bond donors (Lipinski definition) is 23. The second-order valence-corrected chi connectivity index (χ2v) is 30.7. The molecule has 46 heteroatoms. The van der Waals surface area contributed by atoms with E-state index in [1.807, 2.05) is 0 Å². The number of anilines is 1. The van der Waals surface area contributed by atoms with Gasteiger partial charge in [0.15, 0.2) is 50.3 Å². The number of hydrogen-bond acceptors (Lipinski definition) is 44. The Hall–Kier alpha value is -3.29. The Kier molecular flexibility index (Phi) is 27.8. The number of aliphatic hydroxyl groups excluding tert-OH is 22. The van der Waals surface area contributed by atoms with Crippen LogP contribution >= 0.6 is 11.8 Å². The first kappa shape index (κ1) is 85.1. The van der Waals surface area contributed by atoms with Crippen LogP contribution in [0.1, 0.15) is 0 Å². The van der Waals surface area contributed by atoms with Crippen molar-refractivity contribution in [1.82, 2.24) is 4.72 Å². The van der Waals surface area contributed by atoms with Gasteiger partial charge in [-0.3, -0.25) is 4.79 Å². The van der Waals surface area contributed by atoms with E-state index in [-0.39, 0.29) is 10.3 Å². The number of nitrogens with zero attached hydrogens (tertiary/aromatic N) is 1. The average Bonchev–Trinajstić information content (AvgIpc) is 1.16. The lowest BCUT2D eigenvalue weighted by Gasteiger charge is -2.50. The van der Waals surface area contributed by atoms with Gasteiger partial charge in [-0.25, -0.2) is 8.42 Å². The Labute approximate surface area is 622 Å². The molecule has 44 nitrogen and oxygen atoms in total. The smallest absolute Gasteiger partial charge is 0.325 e. The molecule has 2 aromatic carbocycles. The molecule has 0 unspecified atom stereocenters. The number of thioether (sulfide) groups is 1. The van der Waals surface area contributed by atoms with Crippen molar-refractivity contribution in [3.8, 4) is 0 Å². The summed E-state index contributed by atoms with van der Waals surface area (Å²) < 4.78 is 132. The van der Waals surface area contributed by atoms with Gasteiger partial charge in [-0.15, -0.1) is 0 Å². The van der Waals surface area contributed by atoms with Crippen LogP contribution in [0.15, 0.2) is 41.3 Å². The van der Waals surface area contributed by atoms with E-state index in [2.05, 4.69) is 4.72 Å². The van der Waals surface area contributed by atoms with Crippen molar-refractivity contribution in [2.75, 3.05) is 76.7 Å². The maximum Gasteiger partial charge on any atom is 0.325 e. The lowest BCUT2D eigenvalue weighted by Crippen LogP contribution is -2.69. The van der Waals surface area contributed by atoms with E-state index >= 15 is 0 Å². The fraction of sp³-hybridized carbons (Fsp3) is 0.825. The van der Waals surface area contributed by atoms with Crippen LogP contribution < -0.4 is 9.62 Å². The summed E-state index contributed by atoms with van der Waals surface area (Å²) in [6.07, 6.45) is -84.4. The van der Waals surface area contributed by atoms with Crippen LogP contribution in [0, 0.1) is 0 Å². The summed E-state index contributed by atoms with van der Waals surface area (Å²) in [7, 11) is -1.31. The Morgan fingerprint density at radius 1 is 0.358 bits per heavy atom. The highest BCUT2D eigenvalue weighted by molar-refractivity contribution is 7.99. The second-order valence-electron chi connectivity index (χ2n) is 28.0. The molecule has 0 spiro atoms. The number of ether oxygens (including phenoxy) is 17. The summed E-state index contributed by atoms with van der Waals surface area (Å²) >= 11 is 0.750. The van der Waals surface area contributed by atoms with Crippen molar-refractivity contribution in [3.05, 3.63) is 36.4 Å². The molecular formula is C63H94N2O42S2. The largest absolute Gasteiger partial charge is 0.462 e. The molecule has 0 amide bonds. The minimum absolute atomic E-state index is 0.221. The minimum Gasteiger partial charge on any atom is -0.462 e. The number of benzene rings is 2. The van der Waals surface area contributed by atoms with Gasteiger partial charge >= 0.3 is 5.97 Å². The van der Waals surface area contributed by atoms with Gasteiger partial charge in [-0.05, 0) is 12.1 Å². The first-order valence-electron chi connectivity index (χ1n) is 34.9. The molecular weight excluding hydrogens is 1520 g/mol. The van der Waals surface area contributed by atoms with Crippen LogP contribution in [-0.4, -0.2) is 450 Å². The molecule has 620 valence electrons. The predicted octanol–water partition coefficient (Wildman–Crippen LogP) is -14.5. The first-order chi connectivity index (χ1) is 51.9. The van der Waals surface area contributed by atoms with Crippen LogP contribution in [0.5, 0.6) is 0 Å². The fourth-order valence-electron chi connectivity index (χ4n) is 14.7. The van der Waals surface area contributed by atoms with Crippen molar-refractivity contribution >= 4 is 44.2 Å². The molecule has 0 saturated carbocycles. The summed E-state index contributed by atoms with van der Waals surface area (Å²) in [6, 6.07) is 7.38. The van der Waals surface area contributed by atoms with Crippen molar-refractivity contribution < 1.29 is 206 Å². The van der Waals surface area contributed by atoms with E-state index in [1.165, 1.54) is 18.2 Å². The SMILES string of the molecule is CN(C)c1cccc2c(S(=O)(=O)N[C@H]3CSC[C@H]4O[C@@H]5O[C@H]6[C@H](O)[C@@H](O)[C@@H](O[C@H]7[C@H](O)[C@@H](O)[C@@H](O[C@H]8[C@H](O)[C@@H](O)[C@@H](O[C@H]9[C@H](O)[C@@H](O)[C@@H](O[C@H]%10[C@H](O)[C@@H](O)[C@@H](O[C@H]%11[C@H](O)[C@@H](O)[C@@H](O[C@H]%12[C@H](O)[C@@H](O)[C@@H](O[C@H]4[C@H](O)[C@H]5O)O[C@@H]%12COC3=O)O[C@@H]%11CO)O[C@@H]%10CO)O[C@@H]9CO)O[C@@H]8CO)O[C@@H]7CO)O[C@@H]6CO)cccc12. The molecule has 0 aliphatic carbocycles. The zero-order valence-electron chi connectivity index (χ0n) is 57.8. The summed E-state index contributed by atoms with van der Waals surface area (Å²) in [5.74, 6) is -2.39. The number of aliphatic hydroxyl groups is 22. The Morgan fingerprint density at radius 3 is 0.954 bits per heavy atom. The van der Waals surface area contributed by atoms with Crippen LogP contribution in [0.4, 0.5) is 5.69 Å². The normalized spacial score (nSPS) is 48.7. The highest BCUT2D eigenvalue weighted by Gasteiger charge is 2.61. The predicted molar refractivity (Wildman–Crippen MR) is 348 cm³/mol. The highest BCUT2D eigenvalue weighted by atomic mass is 32.2. The molecule has 109 heavy (non-hydrogen) atoms. The van der Waals surface area contributed by atoms with Gasteiger partial charge in [0.1, 0.15) is 202 Å². The standard InChI is InChI=1S/C63H94N2O42S2/c1-65(2)21-7-3-6-19-18(21)5-4-8-30(19)109(89,90)64-20-16-108-17-29-54-38(79)46(87)63(99-29)105-52-27(14-71)96-60(43(84)35(52)76)103-50-25(12-69)94-58(41(82)33(50)74)101-48-23(10-67)92-56(39(80)31(48)72)100-47-22(9-66)93-57(40(81)32(47)73)102-49-24(11-68)95-59(42(83)34(49)75)104-51-26(13-70)97-61(44(85)36(51)77)106-53-28(15-91-55(20)88)98-62(107-54)45(86)37(53)78/h3-8,20,22-29,31-54,56-64,66-87H,9-17H2,1-2H3/t20-,22+,23+,24+,25+,26+,27+,28+,29+,31+,32+,33+,34+,35+,36+,37+,38+,39+,40+,41+,42+,43+,44+,45+,46+,47+,48+,49+,50+,51+,52+,53+,54+,56+,57+,58+,59+,60+,61+,62+,63+/m0/s1.